The van der Waals surface area contributed by atoms with Crippen LogP contribution in [0.3, 0.4) is 0 Å². The fourth-order valence-corrected chi connectivity index (χ4v) is 5.23. The lowest BCUT2D eigenvalue weighted by Gasteiger charge is -2.20. The van der Waals surface area contributed by atoms with Gasteiger partial charge in [-0.15, -0.1) is 0 Å². The van der Waals surface area contributed by atoms with Crippen LogP contribution in [0, 0.1) is 5.92 Å². The zero-order valence-electron chi connectivity index (χ0n) is 23.8. The summed E-state index contributed by atoms with van der Waals surface area (Å²) in [6.07, 6.45) is 14.2. The maximum absolute atomic E-state index is 12.6. The zero-order chi connectivity index (χ0) is 28.3. The highest BCUT2D eigenvalue weighted by atomic mass is 31.2. The summed E-state index contributed by atoms with van der Waals surface area (Å²) in [7, 11) is -3.70. The second kappa shape index (κ2) is 20.0. The lowest BCUT2D eigenvalue weighted by atomic mass is 10.0. The van der Waals surface area contributed by atoms with Gasteiger partial charge in [-0.1, -0.05) is 46.6 Å². The molecule has 0 fully saturated rings. The Kier molecular flexibility index (Phi) is 19.0. The molecule has 0 spiro atoms. The van der Waals surface area contributed by atoms with E-state index in [9.17, 15) is 19.3 Å². The molecule has 9 heteroatoms. The second-order valence-electron chi connectivity index (χ2n) is 9.35. The number of carbonyl (C=O) groups excluding carboxylic acids is 1. The quantitative estimate of drug-likeness (QED) is 0.0554. The molecule has 0 rings (SSSR count). The highest BCUT2D eigenvalue weighted by Crippen LogP contribution is 2.49. The number of nitrogens with one attached hydrogen (secondary N) is 1. The minimum Gasteiger partial charge on any atom is -0.481 e. The van der Waals surface area contributed by atoms with Crippen LogP contribution in [-0.2, 0) is 28.0 Å². The van der Waals surface area contributed by atoms with E-state index >= 15 is 0 Å². The molecule has 0 aliphatic heterocycles. The number of hydrogen-bond donors (Lipinski definition) is 2. The van der Waals surface area contributed by atoms with Gasteiger partial charge in [-0.25, -0.2) is 5.48 Å². The summed E-state index contributed by atoms with van der Waals surface area (Å²) in [5.74, 6) is -3.94. The van der Waals surface area contributed by atoms with Gasteiger partial charge in [0.05, 0.1) is 26.0 Å². The number of carboxylic acid groups (broad SMARTS) is 1. The van der Waals surface area contributed by atoms with Gasteiger partial charge in [0.15, 0.2) is 0 Å². The minimum absolute atomic E-state index is 0.0775. The van der Waals surface area contributed by atoms with E-state index in [1.807, 2.05) is 13.0 Å². The van der Waals surface area contributed by atoms with Crippen LogP contribution < -0.4 is 5.48 Å². The summed E-state index contributed by atoms with van der Waals surface area (Å²) in [5.41, 5.74) is 7.39. The smallest absolute Gasteiger partial charge is 0.332 e. The third-order valence-corrected chi connectivity index (χ3v) is 7.63. The van der Waals surface area contributed by atoms with Crippen LogP contribution in [0.2, 0.25) is 0 Å². The van der Waals surface area contributed by atoms with Crippen LogP contribution in [0.1, 0.15) is 87.0 Å². The van der Waals surface area contributed by atoms with E-state index < -0.39 is 31.6 Å². The topological polar surface area (TPSA) is 111 Å². The van der Waals surface area contributed by atoms with E-state index in [0.717, 1.165) is 44.1 Å². The molecule has 0 aromatic carbocycles. The van der Waals surface area contributed by atoms with Crippen molar-refractivity contribution in [1.29, 1.82) is 0 Å². The van der Waals surface area contributed by atoms with Gasteiger partial charge in [-0.2, -0.15) is 0 Å². The summed E-state index contributed by atoms with van der Waals surface area (Å²) >= 11 is 0. The second-order valence-corrected chi connectivity index (χ2v) is 11.4. The first-order valence-corrected chi connectivity index (χ1v) is 14.8. The summed E-state index contributed by atoms with van der Waals surface area (Å²) in [5, 5.41) is 9.39. The normalized spacial score (nSPS) is 13.9. The number of allylic oxidation sites excluding steroid dienone is 7. The van der Waals surface area contributed by atoms with Crippen molar-refractivity contribution in [2.24, 2.45) is 5.92 Å². The van der Waals surface area contributed by atoms with Crippen LogP contribution in [0.25, 0.3) is 0 Å². The third kappa shape index (κ3) is 18.0. The monoisotopic (exact) mass is 541 g/mol. The largest absolute Gasteiger partial charge is 0.481 e. The van der Waals surface area contributed by atoms with E-state index in [1.54, 1.807) is 13.8 Å². The molecule has 1 unspecified atom stereocenters. The average Bonchev–Trinajstić information content (AvgIpc) is 2.80. The Hall–Kier alpha value is -1.99. The first-order chi connectivity index (χ1) is 17.4. The standard InChI is InChI=1S/C28H48NO7P/c1-8-35-37(33,36-9-2)21-26(28(31)32)27(30)29-34-20-19-25(7)18-12-17-24(6)16-11-15-23(5)14-10-13-22(3)4/h13,15,17,19,26H,8-12,14,16,18,20-21H2,1-7H3,(H,29,30)(H,31,32)/b23-15+,24-17+,25-19+. The molecule has 0 radical (unpaired) electrons. The fourth-order valence-electron chi connectivity index (χ4n) is 3.39. The first kappa shape index (κ1) is 35.0. The SMILES string of the molecule is CCOP(=O)(CC(C(=O)O)C(=O)NOC/C=C(\C)CC/C=C(\C)CC/C=C(\C)CCC=C(C)C)OCC. The van der Waals surface area contributed by atoms with Crippen molar-refractivity contribution < 1.29 is 33.1 Å². The molecule has 212 valence electrons. The van der Waals surface area contributed by atoms with Gasteiger partial charge in [0.1, 0.15) is 5.92 Å². The minimum atomic E-state index is -3.70. The maximum atomic E-state index is 12.6. The van der Waals surface area contributed by atoms with Gasteiger partial charge in [0.2, 0.25) is 0 Å². The van der Waals surface area contributed by atoms with Crippen LogP contribution in [0.15, 0.2) is 46.6 Å². The van der Waals surface area contributed by atoms with E-state index in [-0.39, 0.29) is 19.8 Å². The molecule has 0 bridgehead atoms. The Balaban J connectivity index is 4.48. The van der Waals surface area contributed by atoms with E-state index in [0.29, 0.717) is 0 Å². The molecule has 8 nitrogen and oxygen atoms in total. The van der Waals surface area contributed by atoms with Crippen molar-refractivity contribution >= 4 is 19.5 Å². The Morgan fingerprint density at radius 1 is 0.811 bits per heavy atom. The van der Waals surface area contributed by atoms with Gasteiger partial charge < -0.3 is 14.2 Å². The maximum Gasteiger partial charge on any atom is 0.332 e. The molecule has 0 heterocycles. The molecule has 2 N–H and O–H groups in total. The summed E-state index contributed by atoms with van der Waals surface area (Å²) in [4.78, 5) is 29.0. The zero-order valence-corrected chi connectivity index (χ0v) is 24.7. The fraction of sp³-hybridized carbons (Fsp3) is 0.643. The Morgan fingerprint density at radius 2 is 1.27 bits per heavy atom. The molecule has 0 aliphatic carbocycles. The lowest BCUT2D eigenvalue weighted by molar-refractivity contribution is -0.150. The van der Waals surface area contributed by atoms with Crippen molar-refractivity contribution in [1.82, 2.24) is 5.48 Å². The van der Waals surface area contributed by atoms with E-state index in [1.165, 1.54) is 16.7 Å². The van der Waals surface area contributed by atoms with Gasteiger partial charge in [-0.05, 0) is 87.0 Å². The Labute approximate surface area is 223 Å². The van der Waals surface area contributed by atoms with Crippen LogP contribution in [-0.4, -0.2) is 43.0 Å². The van der Waals surface area contributed by atoms with Crippen LogP contribution in [0.5, 0.6) is 0 Å². The highest BCUT2D eigenvalue weighted by molar-refractivity contribution is 7.53. The van der Waals surface area contributed by atoms with E-state index in [4.69, 9.17) is 13.9 Å². The van der Waals surface area contributed by atoms with Crippen LogP contribution >= 0.6 is 7.60 Å². The molecule has 0 saturated heterocycles. The molecule has 0 aliphatic rings. The van der Waals surface area contributed by atoms with Crippen LogP contribution in [0.4, 0.5) is 0 Å². The molecule has 37 heavy (non-hydrogen) atoms. The van der Waals surface area contributed by atoms with Gasteiger partial charge in [-0.3, -0.25) is 19.0 Å². The number of aliphatic carboxylic acids is 1. The summed E-state index contributed by atoms with van der Waals surface area (Å²) < 4.78 is 22.8. The number of rotatable bonds is 20. The predicted octanol–water partition coefficient (Wildman–Crippen LogP) is 7.15. The van der Waals surface area contributed by atoms with Gasteiger partial charge in [0, 0.05) is 0 Å². The number of amides is 1. The summed E-state index contributed by atoms with van der Waals surface area (Å²) in [6.45, 7) is 14.1. The molecule has 1 amide bonds. The van der Waals surface area contributed by atoms with Crippen molar-refractivity contribution in [3.63, 3.8) is 0 Å². The molecule has 0 saturated carbocycles. The Morgan fingerprint density at radius 3 is 1.70 bits per heavy atom. The Bertz CT molecular complexity index is 860. The summed E-state index contributed by atoms with van der Waals surface area (Å²) in [6, 6.07) is 0. The molecular weight excluding hydrogens is 493 g/mol. The predicted molar refractivity (Wildman–Crippen MR) is 149 cm³/mol. The molecule has 0 aromatic rings. The third-order valence-electron chi connectivity index (χ3n) is 5.51. The highest BCUT2D eigenvalue weighted by Gasteiger charge is 2.37. The number of hydrogen-bond acceptors (Lipinski definition) is 6. The van der Waals surface area contributed by atoms with Crippen molar-refractivity contribution in [3.05, 3.63) is 46.6 Å². The van der Waals surface area contributed by atoms with Crippen molar-refractivity contribution in [2.75, 3.05) is 26.0 Å². The van der Waals surface area contributed by atoms with Crippen molar-refractivity contribution in [2.45, 2.75) is 87.0 Å². The molecule has 0 aromatic heterocycles. The molecular formula is C28H48NO7P. The first-order valence-electron chi connectivity index (χ1n) is 13.1. The van der Waals surface area contributed by atoms with Crippen molar-refractivity contribution in [3.8, 4) is 0 Å². The number of hydroxylamine groups is 1. The molecule has 1 atom stereocenters. The van der Waals surface area contributed by atoms with E-state index in [2.05, 4.69) is 51.4 Å². The number of carbonyl (C=O) groups is 2. The average molecular weight is 542 g/mol. The number of carboxylic acids is 1. The lowest BCUT2D eigenvalue weighted by Crippen LogP contribution is -2.38. The van der Waals surface area contributed by atoms with Gasteiger partial charge >= 0.3 is 13.6 Å². The van der Waals surface area contributed by atoms with Gasteiger partial charge in [0.25, 0.3) is 5.91 Å².